The first-order valence-corrected chi connectivity index (χ1v) is 8.99. The summed E-state index contributed by atoms with van der Waals surface area (Å²) in [7, 11) is -3.33. The Morgan fingerprint density at radius 3 is 2.18 bits per heavy atom. The van der Waals surface area contributed by atoms with Crippen LogP contribution in [0.25, 0.3) is 0 Å². The molecular formula is C16H22NO4P. The molecule has 1 aromatic rings. The second-order valence-electron chi connectivity index (χ2n) is 4.86. The van der Waals surface area contributed by atoms with Crippen LogP contribution in [0, 0.1) is 5.92 Å². The van der Waals surface area contributed by atoms with Crippen LogP contribution >= 0.6 is 7.60 Å². The van der Waals surface area contributed by atoms with Gasteiger partial charge >= 0.3 is 7.60 Å². The van der Waals surface area contributed by atoms with E-state index in [1.807, 2.05) is 24.3 Å². The normalized spacial score (nSPS) is 16.1. The molecule has 0 saturated carbocycles. The maximum absolute atomic E-state index is 13.1. The maximum Gasteiger partial charge on any atom is 0.353 e. The highest BCUT2D eigenvalue weighted by Gasteiger charge is 2.40. The number of phenolic OH excluding ortho intramolecular Hbond substituents is 1. The zero-order chi connectivity index (χ0) is 16.0. The largest absolute Gasteiger partial charge is 0.508 e. The van der Waals surface area contributed by atoms with Crippen molar-refractivity contribution in [3.63, 3.8) is 0 Å². The molecule has 0 amide bonds. The number of benzene rings is 1. The van der Waals surface area contributed by atoms with E-state index in [0.717, 1.165) is 5.69 Å². The Kier molecular flexibility index (Phi) is 5.83. The van der Waals surface area contributed by atoms with Crippen molar-refractivity contribution in [2.45, 2.75) is 19.6 Å². The Bertz CT molecular complexity index is 560. The molecular weight excluding hydrogens is 301 g/mol. The molecule has 1 aromatic carbocycles. The van der Waals surface area contributed by atoms with Gasteiger partial charge < -0.3 is 19.5 Å². The Morgan fingerprint density at radius 1 is 1.14 bits per heavy atom. The van der Waals surface area contributed by atoms with Gasteiger partial charge in [-0.1, -0.05) is 24.3 Å². The van der Waals surface area contributed by atoms with Gasteiger partial charge in [0.15, 0.2) is 0 Å². The molecule has 22 heavy (non-hydrogen) atoms. The molecule has 120 valence electrons. The summed E-state index contributed by atoms with van der Waals surface area (Å²) in [6.45, 7) is 4.21. The third-order valence-electron chi connectivity index (χ3n) is 3.28. The Balaban J connectivity index is 2.28. The van der Waals surface area contributed by atoms with Crippen LogP contribution in [0.5, 0.6) is 5.75 Å². The number of aromatic hydroxyl groups is 1. The van der Waals surface area contributed by atoms with E-state index in [1.54, 1.807) is 38.1 Å². The second-order valence-corrected chi connectivity index (χ2v) is 7.01. The van der Waals surface area contributed by atoms with Gasteiger partial charge in [0.25, 0.3) is 0 Å². The number of hydrogen-bond acceptors (Lipinski definition) is 5. The quantitative estimate of drug-likeness (QED) is 0.556. The summed E-state index contributed by atoms with van der Waals surface area (Å²) in [6.07, 6.45) is 7.75. The monoisotopic (exact) mass is 323 g/mol. The summed E-state index contributed by atoms with van der Waals surface area (Å²) in [4.78, 5) is 0. The minimum atomic E-state index is -3.33. The Hall–Kier alpha value is -1.55. The first-order chi connectivity index (χ1) is 10.6. The van der Waals surface area contributed by atoms with Gasteiger partial charge in [-0.25, -0.2) is 0 Å². The predicted molar refractivity (Wildman–Crippen MR) is 88.1 cm³/mol. The van der Waals surface area contributed by atoms with E-state index in [1.165, 1.54) is 0 Å². The SMILES string of the molecule is CCOP(=O)(OCC)C(Nc1ccc(O)cc1)C1C=CC=C1. The molecule has 0 saturated heterocycles. The number of nitrogens with one attached hydrogen (secondary N) is 1. The average molecular weight is 323 g/mol. The van der Waals surface area contributed by atoms with Crippen LogP contribution in [0.2, 0.25) is 0 Å². The van der Waals surface area contributed by atoms with Crippen molar-refractivity contribution in [2.75, 3.05) is 18.5 Å². The van der Waals surface area contributed by atoms with E-state index < -0.39 is 13.4 Å². The molecule has 0 radical (unpaired) electrons. The third-order valence-corrected chi connectivity index (χ3v) is 5.67. The van der Waals surface area contributed by atoms with E-state index in [2.05, 4.69) is 5.32 Å². The van der Waals surface area contributed by atoms with Crippen LogP contribution in [0.1, 0.15) is 13.8 Å². The first-order valence-electron chi connectivity index (χ1n) is 7.38. The molecule has 1 unspecified atom stereocenters. The summed E-state index contributed by atoms with van der Waals surface area (Å²) >= 11 is 0. The summed E-state index contributed by atoms with van der Waals surface area (Å²) in [5.41, 5.74) is 0.746. The molecule has 1 aliphatic rings. The van der Waals surface area contributed by atoms with Gasteiger partial charge in [0.05, 0.1) is 13.2 Å². The van der Waals surface area contributed by atoms with Gasteiger partial charge in [-0.2, -0.15) is 0 Å². The highest BCUT2D eigenvalue weighted by Crippen LogP contribution is 2.56. The lowest BCUT2D eigenvalue weighted by Gasteiger charge is -2.30. The minimum absolute atomic E-state index is 0.0854. The molecule has 6 heteroatoms. The topological polar surface area (TPSA) is 67.8 Å². The second kappa shape index (κ2) is 7.63. The van der Waals surface area contributed by atoms with Crippen LogP contribution in [0.4, 0.5) is 5.69 Å². The number of hydrogen-bond donors (Lipinski definition) is 2. The molecule has 1 aliphatic carbocycles. The Morgan fingerprint density at radius 2 is 1.68 bits per heavy atom. The zero-order valence-corrected chi connectivity index (χ0v) is 13.7. The average Bonchev–Trinajstić information content (AvgIpc) is 3.01. The van der Waals surface area contributed by atoms with Crippen LogP contribution in [-0.4, -0.2) is 24.1 Å². The fourth-order valence-corrected chi connectivity index (χ4v) is 4.37. The van der Waals surface area contributed by atoms with Crippen molar-refractivity contribution in [3.8, 4) is 5.75 Å². The van der Waals surface area contributed by atoms with Crippen molar-refractivity contribution in [3.05, 3.63) is 48.6 Å². The molecule has 1 atom stereocenters. The van der Waals surface area contributed by atoms with E-state index in [0.29, 0.717) is 13.2 Å². The summed E-state index contributed by atoms with van der Waals surface area (Å²) in [5.74, 6) is -0.426. The van der Waals surface area contributed by atoms with Gasteiger partial charge in [0, 0.05) is 11.6 Å². The maximum atomic E-state index is 13.1. The zero-order valence-electron chi connectivity index (χ0n) is 12.8. The highest BCUT2D eigenvalue weighted by molar-refractivity contribution is 7.54. The molecule has 0 aromatic heterocycles. The van der Waals surface area contributed by atoms with E-state index >= 15 is 0 Å². The summed E-state index contributed by atoms with van der Waals surface area (Å²) < 4.78 is 24.1. The van der Waals surface area contributed by atoms with Gasteiger partial charge in [-0.15, -0.1) is 0 Å². The van der Waals surface area contributed by atoms with Gasteiger partial charge in [0.2, 0.25) is 0 Å². The molecule has 0 bridgehead atoms. The number of rotatable bonds is 8. The molecule has 0 spiro atoms. The van der Waals surface area contributed by atoms with Gasteiger partial charge in [-0.3, -0.25) is 4.57 Å². The molecule has 2 N–H and O–H groups in total. The summed E-state index contributed by atoms with van der Waals surface area (Å²) in [5, 5.41) is 12.6. The first kappa shape index (κ1) is 16.8. The van der Waals surface area contributed by atoms with Crippen molar-refractivity contribution in [2.24, 2.45) is 5.92 Å². The number of anilines is 1. The van der Waals surface area contributed by atoms with Crippen LogP contribution in [0.15, 0.2) is 48.6 Å². The van der Waals surface area contributed by atoms with E-state index in [9.17, 15) is 9.67 Å². The van der Waals surface area contributed by atoms with Gasteiger partial charge in [-0.05, 0) is 38.1 Å². The van der Waals surface area contributed by atoms with Crippen molar-refractivity contribution >= 4 is 13.3 Å². The fourth-order valence-electron chi connectivity index (χ4n) is 2.33. The molecule has 0 fully saturated rings. The van der Waals surface area contributed by atoms with Gasteiger partial charge in [0.1, 0.15) is 11.5 Å². The Labute approximate surface area is 131 Å². The lowest BCUT2D eigenvalue weighted by molar-refractivity contribution is 0.211. The lowest BCUT2D eigenvalue weighted by Crippen LogP contribution is -2.28. The predicted octanol–water partition coefficient (Wildman–Crippen LogP) is 4.14. The van der Waals surface area contributed by atoms with Crippen molar-refractivity contribution < 1.29 is 18.7 Å². The number of phenols is 1. The van der Waals surface area contributed by atoms with Crippen molar-refractivity contribution in [1.29, 1.82) is 0 Å². The number of allylic oxidation sites excluding steroid dienone is 2. The van der Waals surface area contributed by atoms with Crippen LogP contribution in [-0.2, 0) is 13.6 Å². The summed E-state index contributed by atoms with van der Waals surface area (Å²) in [6, 6.07) is 6.61. The molecule has 5 nitrogen and oxygen atoms in total. The fraction of sp³-hybridized carbons (Fsp3) is 0.375. The van der Waals surface area contributed by atoms with E-state index in [4.69, 9.17) is 9.05 Å². The molecule has 0 heterocycles. The molecule has 2 rings (SSSR count). The molecule has 0 aliphatic heterocycles. The third kappa shape index (κ3) is 4.01. The van der Waals surface area contributed by atoms with Crippen LogP contribution in [0.3, 0.4) is 0 Å². The van der Waals surface area contributed by atoms with Crippen LogP contribution < -0.4 is 5.32 Å². The van der Waals surface area contributed by atoms with E-state index in [-0.39, 0.29) is 11.7 Å². The highest BCUT2D eigenvalue weighted by atomic mass is 31.2. The van der Waals surface area contributed by atoms with Crippen molar-refractivity contribution in [1.82, 2.24) is 0 Å². The smallest absolute Gasteiger partial charge is 0.353 e. The lowest BCUT2D eigenvalue weighted by atomic mass is 10.1. The standard InChI is InChI=1S/C16H22NO4P/c1-3-20-22(19,21-4-2)16(13-7-5-6-8-13)17-14-9-11-15(18)12-10-14/h5-13,16-18H,3-4H2,1-2H3. The minimum Gasteiger partial charge on any atom is -0.508 e.